The number of benzene rings is 2. The van der Waals surface area contributed by atoms with E-state index in [-0.39, 0.29) is 24.8 Å². The summed E-state index contributed by atoms with van der Waals surface area (Å²) >= 11 is 0. The highest BCUT2D eigenvalue weighted by Gasteiger charge is 2.35. The van der Waals surface area contributed by atoms with Crippen LogP contribution in [0.25, 0.3) is 0 Å². The van der Waals surface area contributed by atoms with Crippen LogP contribution in [0.15, 0.2) is 48.5 Å². The average molecular weight is 353 g/mol. The predicted molar refractivity (Wildman–Crippen MR) is 98.1 cm³/mol. The molecule has 2 aliphatic heterocycles. The number of piperazine rings is 1. The van der Waals surface area contributed by atoms with Crippen molar-refractivity contribution in [3.63, 3.8) is 0 Å². The number of aromatic hydroxyl groups is 1. The van der Waals surface area contributed by atoms with E-state index >= 15 is 0 Å². The molecule has 2 aromatic rings. The molecule has 2 aromatic carbocycles. The van der Waals surface area contributed by atoms with Crippen LogP contribution in [0.4, 0.5) is 0 Å². The molecule has 0 spiro atoms. The molecule has 0 saturated carbocycles. The van der Waals surface area contributed by atoms with Gasteiger partial charge in [0.2, 0.25) is 0 Å². The molecule has 2 atom stereocenters. The van der Waals surface area contributed by atoms with Crippen LogP contribution >= 0.6 is 24.8 Å². The smallest absolute Gasteiger partial charge is 0.115 e. The maximum Gasteiger partial charge on any atom is 0.115 e. The van der Waals surface area contributed by atoms with Gasteiger partial charge in [0.1, 0.15) is 5.75 Å². The molecule has 3 nitrogen and oxygen atoms in total. The molecule has 2 N–H and O–H groups in total. The van der Waals surface area contributed by atoms with Gasteiger partial charge in [-0.3, -0.25) is 4.90 Å². The Morgan fingerprint density at radius 1 is 1.00 bits per heavy atom. The first kappa shape index (κ1) is 18.1. The Balaban J connectivity index is 0.000000960. The fourth-order valence-corrected chi connectivity index (χ4v) is 3.74. The van der Waals surface area contributed by atoms with E-state index in [4.69, 9.17) is 0 Å². The van der Waals surface area contributed by atoms with Gasteiger partial charge in [0.05, 0.1) is 0 Å². The summed E-state index contributed by atoms with van der Waals surface area (Å²) in [6.45, 7) is 4.15. The van der Waals surface area contributed by atoms with Gasteiger partial charge in [-0.05, 0) is 28.8 Å². The van der Waals surface area contributed by atoms with Gasteiger partial charge in [-0.15, -0.1) is 24.8 Å². The van der Waals surface area contributed by atoms with E-state index in [0.717, 1.165) is 26.2 Å². The zero-order valence-electron chi connectivity index (χ0n) is 12.8. The van der Waals surface area contributed by atoms with Crippen molar-refractivity contribution in [1.29, 1.82) is 0 Å². The van der Waals surface area contributed by atoms with Crippen LogP contribution in [0.5, 0.6) is 5.75 Å². The number of nitrogens with zero attached hydrogens (tertiary/aromatic N) is 1. The summed E-state index contributed by atoms with van der Waals surface area (Å²) in [6, 6.07) is 17.0. The van der Waals surface area contributed by atoms with Gasteiger partial charge in [0.25, 0.3) is 0 Å². The lowest BCUT2D eigenvalue weighted by Crippen LogP contribution is -2.50. The van der Waals surface area contributed by atoms with E-state index in [1.165, 1.54) is 16.7 Å². The topological polar surface area (TPSA) is 35.5 Å². The van der Waals surface area contributed by atoms with Crippen molar-refractivity contribution in [2.24, 2.45) is 0 Å². The van der Waals surface area contributed by atoms with Crippen LogP contribution in [0.3, 0.4) is 0 Å². The minimum absolute atomic E-state index is 0. The summed E-state index contributed by atoms with van der Waals surface area (Å²) in [6.07, 6.45) is 0. The molecule has 0 amide bonds. The average Bonchev–Trinajstić information content (AvgIpc) is 2.55. The second-order valence-corrected chi connectivity index (χ2v) is 5.99. The molecule has 4 rings (SSSR count). The number of hydrogen-bond donors (Lipinski definition) is 2. The largest absolute Gasteiger partial charge is 0.508 e. The molecule has 124 valence electrons. The quantitative estimate of drug-likeness (QED) is 0.826. The van der Waals surface area contributed by atoms with Gasteiger partial charge in [0, 0.05) is 38.1 Å². The van der Waals surface area contributed by atoms with Crippen LogP contribution in [0.2, 0.25) is 0 Å². The lowest BCUT2D eigenvalue weighted by molar-refractivity contribution is 0.143. The fourth-order valence-electron chi connectivity index (χ4n) is 3.74. The molecule has 2 aliphatic rings. The monoisotopic (exact) mass is 352 g/mol. The van der Waals surface area contributed by atoms with Gasteiger partial charge < -0.3 is 10.4 Å². The van der Waals surface area contributed by atoms with Crippen molar-refractivity contribution in [3.05, 3.63) is 65.2 Å². The third-order valence-corrected chi connectivity index (χ3v) is 4.78. The van der Waals surface area contributed by atoms with E-state index in [1.54, 1.807) is 0 Å². The van der Waals surface area contributed by atoms with E-state index in [2.05, 4.69) is 46.6 Å². The van der Waals surface area contributed by atoms with E-state index < -0.39 is 0 Å². The molecule has 0 bridgehead atoms. The molecular weight excluding hydrogens is 331 g/mol. The predicted octanol–water partition coefficient (Wildman–Crippen LogP) is 3.33. The normalized spacial score (nSPS) is 23.0. The van der Waals surface area contributed by atoms with Crippen molar-refractivity contribution in [3.8, 4) is 5.75 Å². The number of nitrogens with one attached hydrogen (secondary N) is 1. The Morgan fingerprint density at radius 2 is 1.78 bits per heavy atom. The Kier molecular flexibility index (Phi) is 5.93. The van der Waals surface area contributed by atoms with Gasteiger partial charge in [-0.25, -0.2) is 0 Å². The molecule has 0 radical (unpaired) electrons. The van der Waals surface area contributed by atoms with Crippen LogP contribution in [-0.2, 0) is 0 Å². The van der Waals surface area contributed by atoms with Crippen molar-refractivity contribution >= 4 is 24.8 Å². The summed E-state index contributed by atoms with van der Waals surface area (Å²) in [4.78, 5) is 2.55. The maximum atomic E-state index is 9.90. The molecule has 5 heteroatoms. The summed E-state index contributed by atoms with van der Waals surface area (Å²) in [5.74, 6) is 0.768. The number of halogens is 2. The van der Waals surface area contributed by atoms with Gasteiger partial charge >= 0.3 is 0 Å². The summed E-state index contributed by atoms with van der Waals surface area (Å²) in [7, 11) is 0. The van der Waals surface area contributed by atoms with Crippen LogP contribution in [-0.4, -0.2) is 36.2 Å². The molecule has 2 heterocycles. The minimum atomic E-state index is 0. The van der Waals surface area contributed by atoms with Crippen molar-refractivity contribution in [2.75, 3.05) is 26.2 Å². The van der Waals surface area contributed by atoms with Crippen molar-refractivity contribution in [1.82, 2.24) is 10.2 Å². The zero-order chi connectivity index (χ0) is 14.2. The highest BCUT2D eigenvalue weighted by Crippen LogP contribution is 2.41. The van der Waals surface area contributed by atoms with Crippen molar-refractivity contribution in [2.45, 2.75) is 12.0 Å². The molecule has 1 fully saturated rings. The maximum absolute atomic E-state index is 9.90. The van der Waals surface area contributed by atoms with E-state index in [9.17, 15) is 5.11 Å². The number of hydrogen-bond acceptors (Lipinski definition) is 3. The number of fused-ring (bicyclic) bond motifs is 3. The highest BCUT2D eigenvalue weighted by atomic mass is 35.5. The molecule has 1 saturated heterocycles. The number of rotatable bonds is 1. The molecule has 0 aromatic heterocycles. The third-order valence-electron chi connectivity index (χ3n) is 4.78. The first-order valence-electron chi connectivity index (χ1n) is 7.65. The lowest BCUT2D eigenvalue weighted by atomic mass is 9.80. The Hall–Kier alpha value is -1.26. The van der Waals surface area contributed by atoms with Crippen LogP contribution in [0, 0.1) is 0 Å². The van der Waals surface area contributed by atoms with E-state index in [0.29, 0.717) is 17.7 Å². The zero-order valence-corrected chi connectivity index (χ0v) is 14.4. The van der Waals surface area contributed by atoms with Gasteiger partial charge in [-0.2, -0.15) is 0 Å². The number of phenolic OH excluding ortho intramolecular Hbond substituents is 1. The van der Waals surface area contributed by atoms with Gasteiger partial charge in [-0.1, -0.05) is 36.4 Å². The first-order valence-corrected chi connectivity index (χ1v) is 7.65. The SMILES string of the molecule is Cl.Cl.Oc1ccc2c(c1)[C@H]1CNCCN1C[C@@H]2c1ccccc1. The molecule has 0 unspecified atom stereocenters. The molecule has 23 heavy (non-hydrogen) atoms. The minimum Gasteiger partial charge on any atom is -0.508 e. The second-order valence-electron chi connectivity index (χ2n) is 5.99. The van der Waals surface area contributed by atoms with Crippen molar-refractivity contribution < 1.29 is 5.11 Å². The van der Waals surface area contributed by atoms with Gasteiger partial charge in [0.15, 0.2) is 0 Å². The highest BCUT2D eigenvalue weighted by molar-refractivity contribution is 5.85. The summed E-state index contributed by atoms with van der Waals surface area (Å²) < 4.78 is 0. The summed E-state index contributed by atoms with van der Waals surface area (Å²) in [5, 5.41) is 13.4. The fraction of sp³-hybridized carbons (Fsp3) is 0.333. The standard InChI is InChI=1S/C18H20N2O.2ClH/c21-14-6-7-15-16(10-14)18-11-19-8-9-20(18)12-17(15)13-4-2-1-3-5-13;;/h1-7,10,17-19,21H,8-9,11-12H2;2*1H/t17-,18-;;/m1../s1. The van der Waals surface area contributed by atoms with E-state index in [1.807, 2.05) is 12.1 Å². The summed E-state index contributed by atoms with van der Waals surface area (Å²) in [5.41, 5.74) is 4.01. The van der Waals surface area contributed by atoms with Crippen LogP contribution < -0.4 is 5.32 Å². The second kappa shape index (κ2) is 7.54. The Labute approximate surface area is 149 Å². The third kappa shape index (κ3) is 3.33. The lowest BCUT2D eigenvalue weighted by Gasteiger charge is -2.44. The molecular formula is C18H22Cl2N2O. The van der Waals surface area contributed by atoms with Crippen LogP contribution in [0.1, 0.15) is 28.7 Å². The number of phenols is 1. The Morgan fingerprint density at radius 3 is 2.57 bits per heavy atom. The Bertz CT molecular complexity index is 651. The molecule has 0 aliphatic carbocycles. The first-order chi connectivity index (χ1) is 10.3.